The van der Waals surface area contributed by atoms with E-state index in [2.05, 4.69) is 5.32 Å². The Bertz CT molecular complexity index is 713. The van der Waals surface area contributed by atoms with Crippen LogP contribution < -0.4 is 14.8 Å². The Morgan fingerprint density at radius 1 is 1.29 bits per heavy atom. The molecule has 1 aromatic rings. The first-order chi connectivity index (χ1) is 11.5. The second-order valence-electron chi connectivity index (χ2n) is 6.03. The molecule has 132 valence electrons. The summed E-state index contributed by atoms with van der Waals surface area (Å²) in [5.74, 6) is 0.619. The number of hydrogen-bond acceptors (Lipinski definition) is 6. The molecule has 1 atom stereocenters. The number of carbonyl (C=O) groups excluding carboxylic acids is 1. The molecule has 1 aromatic carbocycles. The largest absolute Gasteiger partial charge is 0.486 e. The standard InChI is InChI=1S/C16H22N2O5S/c1-18(12-4-6-17-11-12)16(19)5-9-24(20,21)13-2-3-14-15(10-13)23-8-7-22-14/h2-3,10,12,17H,4-9,11H2,1H3. The van der Waals surface area contributed by atoms with Crippen molar-refractivity contribution in [3.05, 3.63) is 18.2 Å². The van der Waals surface area contributed by atoms with E-state index in [1.165, 1.54) is 12.1 Å². The average Bonchev–Trinajstić information content (AvgIpc) is 3.13. The van der Waals surface area contributed by atoms with Gasteiger partial charge in [0.05, 0.1) is 10.6 Å². The smallest absolute Gasteiger partial charge is 0.223 e. The van der Waals surface area contributed by atoms with E-state index in [4.69, 9.17) is 9.47 Å². The van der Waals surface area contributed by atoms with Crippen molar-refractivity contribution >= 4 is 15.7 Å². The second-order valence-corrected chi connectivity index (χ2v) is 8.13. The number of carbonyl (C=O) groups is 1. The fourth-order valence-corrected chi connectivity index (χ4v) is 4.15. The fourth-order valence-electron chi connectivity index (χ4n) is 2.91. The lowest BCUT2D eigenvalue weighted by Gasteiger charge is -2.23. The van der Waals surface area contributed by atoms with Crippen LogP contribution in [0.2, 0.25) is 0 Å². The van der Waals surface area contributed by atoms with E-state index in [1.807, 2.05) is 0 Å². The number of nitrogens with one attached hydrogen (secondary N) is 1. The molecular weight excluding hydrogens is 332 g/mol. The van der Waals surface area contributed by atoms with Gasteiger partial charge in [-0.2, -0.15) is 0 Å². The maximum atomic E-state index is 12.5. The Labute approximate surface area is 141 Å². The average molecular weight is 354 g/mol. The van der Waals surface area contributed by atoms with Crippen LogP contribution in [0.5, 0.6) is 11.5 Å². The van der Waals surface area contributed by atoms with E-state index in [-0.39, 0.29) is 29.0 Å². The zero-order chi connectivity index (χ0) is 17.2. The molecule has 2 aliphatic heterocycles. The number of rotatable bonds is 5. The molecule has 3 rings (SSSR count). The molecule has 0 saturated carbocycles. The molecule has 0 bridgehead atoms. The van der Waals surface area contributed by atoms with E-state index >= 15 is 0 Å². The molecule has 0 radical (unpaired) electrons. The number of likely N-dealkylation sites (N-methyl/N-ethyl adjacent to an activating group) is 1. The van der Waals surface area contributed by atoms with E-state index in [9.17, 15) is 13.2 Å². The summed E-state index contributed by atoms with van der Waals surface area (Å²) in [6, 6.07) is 4.71. The van der Waals surface area contributed by atoms with E-state index < -0.39 is 9.84 Å². The van der Waals surface area contributed by atoms with Gasteiger partial charge < -0.3 is 19.7 Å². The van der Waals surface area contributed by atoms with Crippen molar-refractivity contribution in [2.75, 3.05) is 39.1 Å². The highest BCUT2D eigenvalue weighted by Gasteiger charge is 2.25. The van der Waals surface area contributed by atoms with Crippen LogP contribution in [0.1, 0.15) is 12.8 Å². The van der Waals surface area contributed by atoms with Crippen LogP contribution in [0.25, 0.3) is 0 Å². The number of benzene rings is 1. The maximum absolute atomic E-state index is 12.5. The number of amides is 1. The number of nitrogens with zero attached hydrogens (tertiary/aromatic N) is 1. The van der Waals surface area contributed by atoms with Gasteiger partial charge in [0.1, 0.15) is 13.2 Å². The van der Waals surface area contributed by atoms with Gasteiger partial charge in [-0.25, -0.2) is 8.42 Å². The lowest BCUT2D eigenvalue weighted by molar-refractivity contribution is -0.131. The molecule has 24 heavy (non-hydrogen) atoms. The SMILES string of the molecule is CN(C(=O)CCS(=O)(=O)c1ccc2c(c1)OCCO2)C1CCNC1. The Morgan fingerprint density at radius 2 is 2.04 bits per heavy atom. The lowest BCUT2D eigenvalue weighted by atomic mass is 10.2. The molecule has 0 spiro atoms. The monoisotopic (exact) mass is 354 g/mol. The van der Waals surface area contributed by atoms with E-state index in [0.29, 0.717) is 24.7 Å². The third kappa shape index (κ3) is 3.64. The van der Waals surface area contributed by atoms with Crippen molar-refractivity contribution in [3.63, 3.8) is 0 Å². The van der Waals surface area contributed by atoms with Crippen LogP contribution in [-0.4, -0.2) is 64.4 Å². The van der Waals surface area contributed by atoms with Gasteiger partial charge in [0, 0.05) is 32.1 Å². The van der Waals surface area contributed by atoms with Crippen molar-refractivity contribution < 1.29 is 22.7 Å². The molecule has 8 heteroatoms. The van der Waals surface area contributed by atoms with Gasteiger partial charge in [0.2, 0.25) is 5.91 Å². The van der Waals surface area contributed by atoms with Crippen molar-refractivity contribution in [1.29, 1.82) is 0 Å². The van der Waals surface area contributed by atoms with Gasteiger partial charge in [-0.15, -0.1) is 0 Å². The minimum Gasteiger partial charge on any atom is -0.486 e. The third-order valence-electron chi connectivity index (χ3n) is 4.43. The first-order valence-electron chi connectivity index (χ1n) is 8.06. The summed E-state index contributed by atoms with van der Waals surface area (Å²) in [6.45, 7) is 2.50. The third-order valence-corrected chi connectivity index (χ3v) is 6.15. The van der Waals surface area contributed by atoms with Crippen LogP contribution in [0.15, 0.2) is 23.1 Å². The number of sulfone groups is 1. The zero-order valence-corrected chi connectivity index (χ0v) is 14.5. The van der Waals surface area contributed by atoms with Crippen LogP contribution in [0.3, 0.4) is 0 Å². The Kier molecular flexibility index (Phi) is 4.96. The minimum atomic E-state index is -3.54. The summed E-state index contributed by atoms with van der Waals surface area (Å²) in [5, 5.41) is 3.20. The fraction of sp³-hybridized carbons (Fsp3) is 0.562. The van der Waals surface area contributed by atoms with Gasteiger partial charge >= 0.3 is 0 Å². The number of ether oxygens (including phenoxy) is 2. The van der Waals surface area contributed by atoms with Gasteiger partial charge in [-0.1, -0.05) is 0 Å². The van der Waals surface area contributed by atoms with Crippen molar-refractivity contribution in [3.8, 4) is 11.5 Å². The highest BCUT2D eigenvalue weighted by molar-refractivity contribution is 7.91. The first-order valence-corrected chi connectivity index (χ1v) is 9.71. The van der Waals surface area contributed by atoms with E-state index in [0.717, 1.165) is 19.5 Å². The Balaban J connectivity index is 1.64. The molecule has 1 amide bonds. The van der Waals surface area contributed by atoms with Crippen LogP contribution in [0, 0.1) is 0 Å². The van der Waals surface area contributed by atoms with Crippen molar-refractivity contribution in [2.24, 2.45) is 0 Å². The summed E-state index contributed by atoms with van der Waals surface area (Å²) in [5.41, 5.74) is 0. The molecule has 0 aromatic heterocycles. The maximum Gasteiger partial charge on any atom is 0.223 e. The summed E-state index contributed by atoms with van der Waals surface area (Å²) in [7, 11) is -1.81. The first kappa shape index (κ1) is 17.0. The number of hydrogen-bond donors (Lipinski definition) is 1. The lowest BCUT2D eigenvalue weighted by Crippen LogP contribution is -2.39. The second kappa shape index (κ2) is 6.98. The molecule has 1 saturated heterocycles. The van der Waals surface area contributed by atoms with Crippen LogP contribution >= 0.6 is 0 Å². The molecule has 2 heterocycles. The predicted molar refractivity (Wildman–Crippen MR) is 88.1 cm³/mol. The molecule has 0 aliphatic carbocycles. The summed E-state index contributed by atoms with van der Waals surface area (Å²) in [4.78, 5) is 14.0. The summed E-state index contributed by atoms with van der Waals surface area (Å²) >= 11 is 0. The molecule has 2 aliphatic rings. The van der Waals surface area contributed by atoms with Gasteiger partial charge in [0.25, 0.3) is 0 Å². The highest BCUT2D eigenvalue weighted by Crippen LogP contribution is 2.32. The molecule has 1 N–H and O–H groups in total. The van der Waals surface area contributed by atoms with Crippen molar-refractivity contribution in [1.82, 2.24) is 10.2 Å². The molecule has 7 nitrogen and oxygen atoms in total. The Hall–Kier alpha value is -1.80. The van der Waals surface area contributed by atoms with E-state index in [1.54, 1.807) is 18.0 Å². The summed E-state index contributed by atoms with van der Waals surface area (Å²) < 4.78 is 35.8. The van der Waals surface area contributed by atoms with Crippen LogP contribution in [-0.2, 0) is 14.6 Å². The topological polar surface area (TPSA) is 84.9 Å². The van der Waals surface area contributed by atoms with Crippen molar-refractivity contribution in [2.45, 2.75) is 23.8 Å². The normalized spacial score (nSPS) is 20.0. The van der Waals surface area contributed by atoms with Crippen LogP contribution in [0.4, 0.5) is 0 Å². The highest BCUT2D eigenvalue weighted by atomic mass is 32.2. The van der Waals surface area contributed by atoms with Gasteiger partial charge in [-0.3, -0.25) is 4.79 Å². The Morgan fingerprint density at radius 3 is 2.75 bits per heavy atom. The number of fused-ring (bicyclic) bond motifs is 1. The minimum absolute atomic E-state index is 0.0240. The zero-order valence-electron chi connectivity index (χ0n) is 13.7. The molecular formula is C16H22N2O5S. The van der Waals surface area contributed by atoms with Gasteiger partial charge in [-0.05, 0) is 25.1 Å². The quantitative estimate of drug-likeness (QED) is 0.826. The summed E-state index contributed by atoms with van der Waals surface area (Å²) in [6.07, 6.45) is 0.876. The predicted octanol–water partition coefficient (Wildman–Crippen LogP) is 0.442. The molecule has 1 unspecified atom stereocenters. The van der Waals surface area contributed by atoms with Gasteiger partial charge in [0.15, 0.2) is 21.3 Å². The molecule has 1 fully saturated rings.